The lowest BCUT2D eigenvalue weighted by Crippen LogP contribution is -2.38. The number of rotatable bonds is 5. The first kappa shape index (κ1) is 17.4. The maximum Gasteiger partial charge on any atom is 0.251 e. The highest BCUT2D eigenvalue weighted by molar-refractivity contribution is 5.95. The lowest BCUT2D eigenvalue weighted by molar-refractivity contribution is 0.0935. The van der Waals surface area contributed by atoms with Gasteiger partial charge in [0.2, 0.25) is 0 Å². The highest BCUT2D eigenvalue weighted by atomic mass is 16.1. The molecule has 0 spiro atoms. The fraction of sp³-hybridized carbons (Fsp3) is 0.450. The van der Waals surface area contributed by atoms with Gasteiger partial charge in [-0.05, 0) is 62.4 Å². The summed E-state index contributed by atoms with van der Waals surface area (Å²) in [4.78, 5) is 23.6. The van der Waals surface area contributed by atoms with Gasteiger partial charge in [-0.1, -0.05) is 6.92 Å². The van der Waals surface area contributed by atoms with Crippen LogP contribution in [0.1, 0.15) is 61.5 Å². The van der Waals surface area contributed by atoms with Crippen LogP contribution in [-0.2, 0) is 0 Å². The lowest BCUT2D eigenvalue weighted by atomic mass is 10.0. The Morgan fingerprint density at radius 1 is 1.28 bits per heavy atom. The third-order valence-electron chi connectivity index (χ3n) is 4.93. The molecule has 0 radical (unpaired) electrons. The van der Waals surface area contributed by atoms with Crippen molar-refractivity contribution < 1.29 is 4.79 Å². The predicted octanol–water partition coefficient (Wildman–Crippen LogP) is 3.74. The summed E-state index contributed by atoms with van der Waals surface area (Å²) in [6, 6.07) is 8.05. The van der Waals surface area contributed by atoms with Crippen molar-refractivity contribution in [3.63, 3.8) is 0 Å². The summed E-state index contributed by atoms with van der Waals surface area (Å²) in [5.74, 6) is 0.841. The van der Waals surface area contributed by atoms with E-state index in [4.69, 9.17) is 0 Å². The third kappa shape index (κ3) is 4.16. The summed E-state index contributed by atoms with van der Waals surface area (Å²) in [6.07, 6.45) is 9.71. The molecule has 1 aliphatic rings. The molecule has 2 atom stereocenters. The van der Waals surface area contributed by atoms with Gasteiger partial charge in [-0.2, -0.15) is 0 Å². The second-order valence-corrected chi connectivity index (χ2v) is 6.66. The van der Waals surface area contributed by atoms with Gasteiger partial charge in [0.25, 0.3) is 5.91 Å². The average Bonchev–Trinajstić information content (AvgIpc) is 2.67. The molecule has 3 heterocycles. The average molecular weight is 338 g/mol. The Morgan fingerprint density at radius 3 is 2.80 bits per heavy atom. The van der Waals surface area contributed by atoms with Crippen LogP contribution in [0.3, 0.4) is 0 Å². The summed E-state index contributed by atoms with van der Waals surface area (Å²) in [6.45, 7) is 5.30. The van der Waals surface area contributed by atoms with E-state index < -0.39 is 0 Å². The van der Waals surface area contributed by atoms with Crippen molar-refractivity contribution in [1.29, 1.82) is 0 Å². The molecular formula is C20H26N4O. The van der Waals surface area contributed by atoms with Gasteiger partial charge in [0, 0.05) is 36.7 Å². The van der Waals surface area contributed by atoms with Gasteiger partial charge in [-0.25, -0.2) is 4.98 Å². The molecular weight excluding hydrogens is 312 g/mol. The van der Waals surface area contributed by atoms with E-state index in [-0.39, 0.29) is 11.9 Å². The smallest absolute Gasteiger partial charge is 0.251 e. The van der Waals surface area contributed by atoms with Gasteiger partial charge in [0.1, 0.15) is 5.82 Å². The molecule has 1 fully saturated rings. The number of nitrogens with one attached hydrogen (secondary N) is 1. The van der Waals surface area contributed by atoms with E-state index in [9.17, 15) is 4.79 Å². The van der Waals surface area contributed by atoms with Gasteiger partial charge >= 0.3 is 0 Å². The maximum absolute atomic E-state index is 12.7. The van der Waals surface area contributed by atoms with E-state index in [0.29, 0.717) is 11.6 Å². The number of carbonyl (C=O) groups excluding carboxylic acids is 1. The number of nitrogens with zero attached hydrogens (tertiary/aromatic N) is 3. The molecule has 0 saturated carbocycles. The number of hydrogen-bond acceptors (Lipinski definition) is 4. The zero-order valence-electron chi connectivity index (χ0n) is 15.0. The molecule has 0 bridgehead atoms. The number of anilines is 1. The van der Waals surface area contributed by atoms with E-state index in [1.54, 1.807) is 24.7 Å². The van der Waals surface area contributed by atoms with Crippen molar-refractivity contribution >= 4 is 11.7 Å². The van der Waals surface area contributed by atoms with Gasteiger partial charge in [-0.15, -0.1) is 0 Å². The summed E-state index contributed by atoms with van der Waals surface area (Å²) < 4.78 is 0. The lowest BCUT2D eigenvalue weighted by Gasteiger charge is -2.34. The molecule has 1 saturated heterocycles. The molecule has 2 unspecified atom stereocenters. The minimum atomic E-state index is -0.0584. The first-order valence-electron chi connectivity index (χ1n) is 9.12. The van der Waals surface area contributed by atoms with E-state index in [1.165, 1.54) is 19.3 Å². The molecule has 25 heavy (non-hydrogen) atoms. The van der Waals surface area contributed by atoms with Crippen LogP contribution in [0.15, 0.2) is 42.9 Å². The van der Waals surface area contributed by atoms with E-state index >= 15 is 0 Å². The van der Waals surface area contributed by atoms with Crippen molar-refractivity contribution in [2.45, 2.75) is 51.6 Å². The SMILES string of the molecule is CCC(NC(=O)c1ccnc(N2CCCCC2C)c1)c1ccncc1. The molecule has 1 aliphatic heterocycles. The highest BCUT2D eigenvalue weighted by Gasteiger charge is 2.21. The summed E-state index contributed by atoms with van der Waals surface area (Å²) >= 11 is 0. The molecule has 5 heteroatoms. The van der Waals surface area contributed by atoms with Crippen molar-refractivity contribution in [3.8, 4) is 0 Å². The molecule has 0 aromatic carbocycles. The number of amides is 1. The topological polar surface area (TPSA) is 58.1 Å². The van der Waals surface area contributed by atoms with Crippen LogP contribution in [0, 0.1) is 0 Å². The maximum atomic E-state index is 12.7. The second kappa shape index (κ2) is 8.10. The Bertz CT molecular complexity index is 704. The van der Waals surface area contributed by atoms with E-state index in [1.807, 2.05) is 18.2 Å². The Kier molecular flexibility index (Phi) is 5.64. The number of pyridine rings is 2. The summed E-state index contributed by atoms with van der Waals surface area (Å²) in [5.41, 5.74) is 1.74. The van der Waals surface area contributed by atoms with Crippen molar-refractivity contribution in [2.75, 3.05) is 11.4 Å². The Balaban J connectivity index is 1.75. The second-order valence-electron chi connectivity index (χ2n) is 6.66. The quantitative estimate of drug-likeness (QED) is 0.902. The minimum Gasteiger partial charge on any atom is -0.354 e. The first-order chi connectivity index (χ1) is 12.2. The van der Waals surface area contributed by atoms with Crippen LogP contribution in [0.5, 0.6) is 0 Å². The largest absolute Gasteiger partial charge is 0.354 e. The number of carbonyl (C=O) groups is 1. The molecule has 0 aliphatic carbocycles. The van der Waals surface area contributed by atoms with Crippen LogP contribution in [0.2, 0.25) is 0 Å². The number of piperidine rings is 1. The molecule has 3 rings (SSSR count). The molecule has 2 aromatic rings. The van der Waals surface area contributed by atoms with Crippen LogP contribution in [-0.4, -0.2) is 28.5 Å². The summed E-state index contributed by atoms with van der Waals surface area (Å²) in [7, 11) is 0. The van der Waals surface area contributed by atoms with E-state index in [0.717, 1.165) is 24.3 Å². The van der Waals surface area contributed by atoms with Gasteiger partial charge in [-0.3, -0.25) is 9.78 Å². The van der Waals surface area contributed by atoms with Crippen molar-refractivity contribution in [2.24, 2.45) is 0 Å². The van der Waals surface area contributed by atoms with Gasteiger partial charge < -0.3 is 10.2 Å². The molecule has 5 nitrogen and oxygen atoms in total. The minimum absolute atomic E-state index is 0.0129. The Labute approximate surface area is 149 Å². The first-order valence-corrected chi connectivity index (χ1v) is 9.12. The molecule has 1 amide bonds. The standard InChI is InChI=1S/C20H26N4O/c1-3-18(16-7-10-21-11-8-16)23-20(25)17-9-12-22-19(14-17)24-13-5-4-6-15(24)2/h7-12,14-15,18H,3-6,13H2,1-2H3,(H,23,25). The molecule has 132 valence electrons. The van der Waals surface area contributed by atoms with Crippen LogP contribution >= 0.6 is 0 Å². The third-order valence-corrected chi connectivity index (χ3v) is 4.93. The fourth-order valence-electron chi connectivity index (χ4n) is 3.41. The normalized spacial score (nSPS) is 18.6. The number of hydrogen-bond donors (Lipinski definition) is 1. The monoisotopic (exact) mass is 338 g/mol. The Morgan fingerprint density at radius 2 is 2.08 bits per heavy atom. The van der Waals surface area contributed by atoms with Gasteiger partial charge in [0.15, 0.2) is 0 Å². The van der Waals surface area contributed by atoms with Crippen LogP contribution < -0.4 is 10.2 Å². The van der Waals surface area contributed by atoms with Crippen LogP contribution in [0.25, 0.3) is 0 Å². The van der Waals surface area contributed by atoms with E-state index in [2.05, 4.69) is 34.0 Å². The Hall–Kier alpha value is -2.43. The van der Waals surface area contributed by atoms with Crippen LogP contribution in [0.4, 0.5) is 5.82 Å². The van der Waals surface area contributed by atoms with Crippen molar-refractivity contribution in [1.82, 2.24) is 15.3 Å². The summed E-state index contributed by atoms with van der Waals surface area (Å²) in [5, 5.41) is 3.13. The molecule has 2 aromatic heterocycles. The zero-order chi connectivity index (χ0) is 17.6. The van der Waals surface area contributed by atoms with Gasteiger partial charge in [0.05, 0.1) is 6.04 Å². The zero-order valence-corrected chi connectivity index (χ0v) is 15.0. The molecule has 1 N–H and O–H groups in total. The van der Waals surface area contributed by atoms with Crippen molar-refractivity contribution in [3.05, 3.63) is 54.0 Å². The highest BCUT2D eigenvalue weighted by Crippen LogP contribution is 2.24. The fourth-order valence-corrected chi connectivity index (χ4v) is 3.41. The predicted molar refractivity (Wildman–Crippen MR) is 99.6 cm³/mol. The number of aromatic nitrogens is 2.